The van der Waals surface area contributed by atoms with Gasteiger partial charge in [-0.3, -0.25) is 0 Å². The van der Waals surface area contributed by atoms with Gasteiger partial charge < -0.3 is 19.5 Å². The van der Waals surface area contributed by atoms with Gasteiger partial charge in [-0.25, -0.2) is 4.68 Å². The van der Waals surface area contributed by atoms with E-state index in [2.05, 4.69) is 33.0 Å². The fourth-order valence-electron chi connectivity index (χ4n) is 3.59. The van der Waals surface area contributed by atoms with E-state index in [-0.39, 0.29) is 12.1 Å². The van der Waals surface area contributed by atoms with Crippen molar-refractivity contribution in [3.8, 4) is 17.2 Å². The Hall–Kier alpha value is -3.29. The molecule has 0 aliphatic carbocycles. The molecule has 27 heavy (non-hydrogen) atoms. The zero-order valence-corrected chi connectivity index (χ0v) is 15.4. The SMILES string of the molecule is COc1ccc([C@@H]2C[C@H](c3ccccc3)n3nnnc3N2)c(OC)c1OC. The van der Waals surface area contributed by atoms with Crippen molar-refractivity contribution in [2.45, 2.75) is 18.5 Å². The van der Waals surface area contributed by atoms with Crippen LogP contribution in [0.2, 0.25) is 0 Å². The summed E-state index contributed by atoms with van der Waals surface area (Å²) in [7, 11) is 4.84. The summed E-state index contributed by atoms with van der Waals surface area (Å²) in [5.41, 5.74) is 2.11. The summed E-state index contributed by atoms with van der Waals surface area (Å²) in [6.07, 6.45) is 0.758. The van der Waals surface area contributed by atoms with Crippen LogP contribution in [0.25, 0.3) is 0 Å². The molecule has 1 aliphatic heterocycles. The second kappa shape index (κ2) is 7.14. The van der Waals surface area contributed by atoms with Gasteiger partial charge in [0.1, 0.15) is 0 Å². The van der Waals surface area contributed by atoms with Crippen molar-refractivity contribution in [3.05, 3.63) is 53.6 Å². The summed E-state index contributed by atoms with van der Waals surface area (Å²) in [5.74, 6) is 2.46. The molecule has 2 atom stereocenters. The van der Waals surface area contributed by atoms with Gasteiger partial charge in [0.05, 0.1) is 33.4 Å². The van der Waals surface area contributed by atoms with Crippen molar-refractivity contribution in [2.24, 2.45) is 0 Å². The first-order valence-corrected chi connectivity index (χ1v) is 8.65. The molecule has 0 saturated heterocycles. The Morgan fingerprint density at radius 3 is 2.44 bits per heavy atom. The largest absolute Gasteiger partial charge is 0.493 e. The molecule has 0 bridgehead atoms. The molecule has 8 heteroatoms. The molecule has 4 rings (SSSR count). The molecule has 1 aliphatic rings. The molecule has 3 aromatic rings. The molecule has 0 fully saturated rings. The Morgan fingerprint density at radius 1 is 0.963 bits per heavy atom. The van der Waals surface area contributed by atoms with Gasteiger partial charge in [-0.2, -0.15) is 0 Å². The number of nitrogens with one attached hydrogen (secondary N) is 1. The minimum atomic E-state index is -0.0523. The fraction of sp³-hybridized carbons (Fsp3) is 0.316. The highest BCUT2D eigenvalue weighted by atomic mass is 16.5. The predicted octanol–water partition coefficient (Wildman–Crippen LogP) is 2.85. The van der Waals surface area contributed by atoms with Crippen molar-refractivity contribution in [3.63, 3.8) is 0 Å². The van der Waals surface area contributed by atoms with Crippen LogP contribution in [0.5, 0.6) is 17.2 Å². The molecule has 8 nitrogen and oxygen atoms in total. The quantitative estimate of drug-likeness (QED) is 0.742. The molecule has 0 unspecified atom stereocenters. The van der Waals surface area contributed by atoms with Crippen LogP contribution in [-0.2, 0) is 0 Å². The Balaban J connectivity index is 1.78. The van der Waals surface area contributed by atoms with Gasteiger partial charge in [0.15, 0.2) is 11.5 Å². The summed E-state index contributed by atoms with van der Waals surface area (Å²) in [6.45, 7) is 0. The van der Waals surface area contributed by atoms with Gasteiger partial charge in [0, 0.05) is 5.56 Å². The molecule has 2 aromatic carbocycles. The summed E-state index contributed by atoms with van der Waals surface area (Å²) in [6, 6.07) is 14.0. The average Bonchev–Trinajstić information content (AvgIpc) is 3.21. The first-order chi connectivity index (χ1) is 13.3. The summed E-state index contributed by atoms with van der Waals surface area (Å²) in [5, 5.41) is 15.5. The van der Waals surface area contributed by atoms with Gasteiger partial charge in [0.25, 0.3) is 0 Å². The van der Waals surface area contributed by atoms with Gasteiger partial charge in [-0.05, 0) is 34.5 Å². The number of aromatic nitrogens is 4. The number of hydrogen-bond donors (Lipinski definition) is 1. The number of benzene rings is 2. The Morgan fingerprint density at radius 2 is 1.74 bits per heavy atom. The van der Waals surface area contributed by atoms with E-state index >= 15 is 0 Å². The van der Waals surface area contributed by atoms with E-state index in [1.54, 1.807) is 21.3 Å². The van der Waals surface area contributed by atoms with Gasteiger partial charge in [0.2, 0.25) is 11.7 Å². The number of methoxy groups -OCH3 is 3. The van der Waals surface area contributed by atoms with E-state index < -0.39 is 0 Å². The van der Waals surface area contributed by atoms with Crippen LogP contribution in [0.1, 0.15) is 29.6 Å². The zero-order valence-electron chi connectivity index (χ0n) is 15.4. The highest BCUT2D eigenvalue weighted by molar-refractivity contribution is 5.58. The fourth-order valence-corrected chi connectivity index (χ4v) is 3.59. The average molecular weight is 367 g/mol. The number of hydrogen-bond acceptors (Lipinski definition) is 7. The normalized spacial score (nSPS) is 18.3. The minimum Gasteiger partial charge on any atom is -0.493 e. The lowest BCUT2D eigenvalue weighted by atomic mass is 9.92. The lowest BCUT2D eigenvalue weighted by Gasteiger charge is -2.32. The van der Waals surface area contributed by atoms with Crippen molar-refractivity contribution < 1.29 is 14.2 Å². The van der Waals surface area contributed by atoms with Crippen LogP contribution < -0.4 is 19.5 Å². The van der Waals surface area contributed by atoms with E-state index in [1.165, 1.54) is 0 Å². The van der Waals surface area contributed by atoms with E-state index in [0.717, 1.165) is 17.5 Å². The number of fused-ring (bicyclic) bond motifs is 1. The highest BCUT2D eigenvalue weighted by Crippen LogP contribution is 2.46. The minimum absolute atomic E-state index is 0.0141. The van der Waals surface area contributed by atoms with Crippen LogP contribution in [0.15, 0.2) is 42.5 Å². The lowest BCUT2D eigenvalue weighted by Crippen LogP contribution is -2.28. The Bertz CT molecular complexity index is 928. The predicted molar refractivity (Wildman–Crippen MR) is 99.5 cm³/mol. The van der Waals surface area contributed by atoms with Crippen molar-refractivity contribution in [1.82, 2.24) is 20.2 Å². The van der Waals surface area contributed by atoms with Crippen molar-refractivity contribution >= 4 is 5.95 Å². The summed E-state index contributed by atoms with van der Waals surface area (Å²) >= 11 is 0. The Labute approximate surface area is 157 Å². The number of anilines is 1. The molecule has 2 heterocycles. The molecular formula is C19H21N5O3. The first-order valence-electron chi connectivity index (χ1n) is 8.65. The first kappa shape index (κ1) is 17.1. The van der Waals surface area contributed by atoms with E-state index in [0.29, 0.717) is 23.2 Å². The van der Waals surface area contributed by atoms with E-state index in [9.17, 15) is 0 Å². The monoisotopic (exact) mass is 367 g/mol. The standard InChI is InChI=1S/C19H21N5O3/c1-25-16-10-9-13(17(26-2)18(16)27-3)14-11-15(12-7-5-4-6-8-12)24-19(20-14)21-22-23-24/h4-10,14-15H,11H2,1-3H3,(H,20,21,23)/t14-,15+/m0/s1. The maximum absolute atomic E-state index is 5.67. The third-order valence-electron chi connectivity index (χ3n) is 4.84. The topological polar surface area (TPSA) is 83.3 Å². The second-order valence-electron chi connectivity index (χ2n) is 6.23. The van der Waals surface area contributed by atoms with Crippen molar-refractivity contribution in [1.29, 1.82) is 0 Å². The summed E-state index contributed by atoms with van der Waals surface area (Å²) in [4.78, 5) is 0. The summed E-state index contributed by atoms with van der Waals surface area (Å²) < 4.78 is 18.4. The molecule has 1 N–H and O–H groups in total. The lowest BCUT2D eigenvalue weighted by molar-refractivity contribution is 0.319. The van der Waals surface area contributed by atoms with Crippen LogP contribution in [0.3, 0.4) is 0 Å². The molecule has 0 saturated carbocycles. The highest BCUT2D eigenvalue weighted by Gasteiger charge is 2.33. The van der Waals surface area contributed by atoms with Crippen LogP contribution >= 0.6 is 0 Å². The smallest absolute Gasteiger partial charge is 0.243 e. The van der Waals surface area contributed by atoms with Gasteiger partial charge >= 0.3 is 0 Å². The third-order valence-corrected chi connectivity index (χ3v) is 4.84. The number of tetrazole rings is 1. The molecule has 0 radical (unpaired) electrons. The number of ether oxygens (including phenoxy) is 3. The molecule has 0 amide bonds. The second-order valence-corrected chi connectivity index (χ2v) is 6.23. The molecule has 140 valence electrons. The van der Waals surface area contributed by atoms with Crippen LogP contribution in [0.4, 0.5) is 5.95 Å². The van der Waals surface area contributed by atoms with Gasteiger partial charge in [-0.15, -0.1) is 0 Å². The third kappa shape index (κ3) is 2.92. The van der Waals surface area contributed by atoms with E-state index in [1.807, 2.05) is 35.0 Å². The Kier molecular flexibility index (Phi) is 4.53. The van der Waals surface area contributed by atoms with Crippen LogP contribution in [0, 0.1) is 0 Å². The number of nitrogens with zero attached hydrogens (tertiary/aromatic N) is 4. The zero-order chi connectivity index (χ0) is 18.8. The van der Waals surface area contributed by atoms with Crippen molar-refractivity contribution in [2.75, 3.05) is 26.6 Å². The molecular weight excluding hydrogens is 346 g/mol. The molecule has 0 spiro atoms. The van der Waals surface area contributed by atoms with Crippen LogP contribution in [-0.4, -0.2) is 41.5 Å². The van der Waals surface area contributed by atoms with Gasteiger partial charge in [-0.1, -0.05) is 35.4 Å². The molecule has 1 aromatic heterocycles. The number of rotatable bonds is 5. The van der Waals surface area contributed by atoms with E-state index in [4.69, 9.17) is 14.2 Å². The maximum Gasteiger partial charge on any atom is 0.243 e. The maximum atomic E-state index is 5.67.